The first-order valence-electron chi connectivity index (χ1n) is 7.95. The molecule has 0 heterocycles. The number of rotatable bonds is 7. The number of nitrogens with zero attached hydrogens (tertiary/aromatic N) is 1. The molecule has 1 atom stereocenters. The molecule has 1 aliphatic rings. The lowest BCUT2D eigenvalue weighted by molar-refractivity contribution is 0.0753. The quantitative estimate of drug-likeness (QED) is 0.746. The largest absolute Gasteiger partial charge is 0.390 e. The molecule has 0 aromatic carbocycles. The van der Waals surface area contributed by atoms with E-state index < -0.39 is 0 Å². The highest BCUT2D eigenvalue weighted by Crippen LogP contribution is 2.24. The van der Waals surface area contributed by atoms with Gasteiger partial charge in [0.05, 0.1) is 6.10 Å². The number of nitrogens with one attached hydrogen (secondary N) is 1. The molecule has 0 aromatic rings. The summed E-state index contributed by atoms with van der Waals surface area (Å²) >= 11 is 0. The third-order valence-electron chi connectivity index (χ3n) is 3.75. The van der Waals surface area contributed by atoms with Gasteiger partial charge in [-0.2, -0.15) is 0 Å². The predicted octanol–water partition coefficient (Wildman–Crippen LogP) is 2.64. The maximum absolute atomic E-state index is 10.3. The van der Waals surface area contributed by atoms with Gasteiger partial charge in [-0.1, -0.05) is 26.7 Å². The second-order valence-corrected chi connectivity index (χ2v) is 7.57. The highest BCUT2D eigenvalue weighted by atomic mass is 16.3. The maximum Gasteiger partial charge on any atom is 0.0791 e. The van der Waals surface area contributed by atoms with E-state index in [0.717, 1.165) is 13.1 Å². The van der Waals surface area contributed by atoms with Crippen molar-refractivity contribution in [1.82, 2.24) is 10.2 Å². The van der Waals surface area contributed by atoms with Crippen LogP contribution < -0.4 is 5.32 Å². The molecule has 0 spiro atoms. The summed E-state index contributed by atoms with van der Waals surface area (Å²) in [6.45, 7) is 13.6. The zero-order valence-corrected chi connectivity index (χ0v) is 13.6. The fraction of sp³-hybridized carbons (Fsp3) is 1.00. The Morgan fingerprint density at radius 1 is 1.16 bits per heavy atom. The van der Waals surface area contributed by atoms with Crippen molar-refractivity contribution in [3.05, 3.63) is 0 Å². The fourth-order valence-electron chi connectivity index (χ4n) is 2.87. The van der Waals surface area contributed by atoms with Gasteiger partial charge in [0.25, 0.3) is 0 Å². The van der Waals surface area contributed by atoms with Gasteiger partial charge >= 0.3 is 0 Å². The van der Waals surface area contributed by atoms with Gasteiger partial charge in [-0.25, -0.2) is 0 Å². The lowest BCUT2D eigenvalue weighted by Crippen LogP contribution is -2.47. The average Bonchev–Trinajstić information content (AvgIpc) is 2.77. The van der Waals surface area contributed by atoms with Crippen molar-refractivity contribution in [2.75, 3.05) is 19.6 Å². The Balaban J connectivity index is 2.42. The number of hydrogen-bond donors (Lipinski definition) is 2. The molecule has 0 amide bonds. The molecule has 1 unspecified atom stereocenters. The summed E-state index contributed by atoms with van der Waals surface area (Å²) in [7, 11) is 0. The maximum atomic E-state index is 10.3. The fourth-order valence-corrected chi connectivity index (χ4v) is 2.87. The standard InChI is InChI=1S/C16H34N2O/c1-13(2)11-18(14-8-6-7-9-14)12-15(19)10-17-16(3,4)5/h13-15,17,19H,6-12H2,1-5H3. The third-order valence-corrected chi connectivity index (χ3v) is 3.75. The molecule has 3 nitrogen and oxygen atoms in total. The van der Waals surface area contributed by atoms with Crippen molar-refractivity contribution in [2.24, 2.45) is 5.92 Å². The molecular formula is C16H34N2O. The highest BCUT2D eigenvalue weighted by Gasteiger charge is 2.25. The topological polar surface area (TPSA) is 35.5 Å². The normalized spacial score (nSPS) is 19.6. The van der Waals surface area contributed by atoms with Crippen LogP contribution in [0.15, 0.2) is 0 Å². The van der Waals surface area contributed by atoms with Gasteiger partial charge < -0.3 is 10.4 Å². The predicted molar refractivity (Wildman–Crippen MR) is 82.4 cm³/mol. The number of aliphatic hydroxyl groups is 1. The van der Waals surface area contributed by atoms with E-state index in [1.807, 2.05) is 0 Å². The van der Waals surface area contributed by atoms with E-state index in [1.54, 1.807) is 0 Å². The van der Waals surface area contributed by atoms with Crippen LogP contribution in [0.25, 0.3) is 0 Å². The van der Waals surface area contributed by atoms with Crippen LogP contribution in [-0.4, -0.2) is 47.3 Å². The van der Waals surface area contributed by atoms with Gasteiger partial charge in [0.1, 0.15) is 0 Å². The minimum atomic E-state index is -0.265. The summed E-state index contributed by atoms with van der Waals surface area (Å²) in [6, 6.07) is 0.701. The Morgan fingerprint density at radius 3 is 2.21 bits per heavy atom. The van der Waals surface area contributed by atoms with Crippen LogP contribution in [0.4, 0.5) is 0 Å². The zero-order valence-electron chi connectivity index (χ0n) is 13.6. The van der Waals surface area contributed by atoms with Gasteiger partial charge in [0.15, 0.2) is 0 Å². The molecule has 1 aliphatic carbocycles. The summed E-state index contributed by atoms with van der Waals surface area (Å²) in [5, 5.41) is 13.6. The van der Waals surface area contributed by atoms with Crippen molar-refractivity contribution in [3.63, 3.8) is 0 Å². The second kappa shape index (κ2) is 7.61. The lowest BCUT2D eigenvalue weighted by atomic mass is 10.1. The van der Waals surface area contributed by atoms with Crippen LogP contribution in [0.2, 0.25) is 0 Å². The number of aliphatic hydroxyl groups excluding tert-OH is 1. The number of hydrogen-bond acceptors (Lipinski definition) is 3. The van der Waals surface area contributed by atoms with Crippen molar-refractivity contribution in [3.8, 4) is 0 Å². The summed E-state index contributed by atoms with van der Waals surface area (Å²) in [5.74, 6) is 0.670. The van der Waals surface area contributed by atoms with Crippen LogP contribution in [0.1, 0.15) is 60.3 Å². The first-order chi connectivity index (χ1) is 8.78. The van der Waals surface area contributed by atoms with Gasteiger partial charge in [0, 0.05) is 31.2 Å². The summed E-state index contributed by atoms with van der Waals surface area (Å²) in [5.41, 5.74) is 0.0806. The Kier molecular flexibility index (Phi) is 6.78. The van der Waals surface area contributed by atoms with Crippen molar-refractivity contribution in [2.45, 2.75) is 78.0 Å². The molecule has 1 rings (SSSR count). The first kappa shape index (κ1) is 16.9. The van der Waals surface area contributed by atoms with E-state index in [4.69, 9.17) is 0 Å². The minimum Gasteiger partial charge on any atom is -0.390 e. The van der Waals surface area contributed by atoms with Crippen LogP contribution in [0.5, 0.6) is 0 Å². The molecule has 1 saturated carbocycles. The molecular weight excluding hydrogens is 236 g/mol. The molecule has 114 valence electrons. The smallest absolute Gasteiger partial charge is 0.0791 e. The Labute approximate surface area is 119 Å². The SMILES string of the molecule is CC(C)CN(CC(O)CNC(C)(C)C)C1CCCC1. The molecule has 0 saturated heterocycles. The Morgan fingerprint density at radius 2 is 1.74 bits per heavy atom. The van der Waals surface area contributed by atoms with E-state index in [1.165, 1.54) is 25.7 Å². The zero-order chi connectivity index (χ0) is 14.5. The van der Waals surface area contributed by atoms with Crippen molar-refractivity contribution >= 4 is 0 Å². The van der Waals surface area contributed by atoms with Crippen LogP contribution in [0.3, 0.4) is 0 Å². The van der Waals surface area contributed by atoms with E-state index in [9.17, 15) is 5.11 Å². The van der Waals surface area contributed by atoms with E-state index in [0.29, 0.717) is 18.5 Å². The van der Waals surface area contributed by atoms with Crippen LogP contribution >= 0.6 is 0 Å². The van der Waals surface area contributed by atoms with Gasteiger partial charge in [-0.05, 0) is 39.5 Å². The Bertz CT molecular complexity index is 242. The van der Waals surface area contributed by atoms with Crippen LogP contribution in [-0.2, 0) is 0 Å². The second-order valence-electron chi connectivity index (χ2n) is 7.57. The summed E-state index contributed by atoms with van der Waals surface area (Å²) in [6.07, 6.45) is 5.07. The van der Waals surface area contributed by atoms with Crippen molar-refractivity contribution in [1.29, 1.82) is 0 Å². The molecule has 0 aromatic heterocycles. The van der Waals surface area contributed by atoms with Gasteiger partial charge in [-0.3, -0.25) is 4.90 Å². The molecule has 3 heteroatoms. The number of β-amino-alcohol motifs (C(OH)–C–C–N with tert-alkyl or cyclic N) is 1. The van der Waals surface area contributed by atoms with E-state index in [-0.39, 0.29) is 11.6 Å². The van der Waals surface area contributed by atoms with E-state index in [2.05, 4.69) is 44.8 Å². The van der Waals surface area contributed by atoms with Crippen molar-refractivity contribution < 1.29 is 5.11 Å². The van der Waals surface area contributed by atoms with E-state index >= 15 is 0 Å². The molecule has 19 heavy (non-hydrogen) atoms. The lowest BCUT2D eigenvalue weighted by Gasteiger charge is -2.33. The third kappa shape index (κ3) is 7.28. The summed E-state index contributed by atoms with van der Waals surface area (Å²) in [4.78, 5) is 2.52. The highest BCUT2D eigenvalue weighted by molar-refractivity contribution is 4.81. The van der Waals surface area contributed by atoms with Gasteiger partial charge in [0.2, 0.25) is 0 Å². The molecule has 0 radical (unpaired) electrons. The molecule has 0 aliphatic heterocycles. The molecule has 2 N–H and O–H groups in total. The summed E-state index contributed by atoms with van der Waals surface area (Å²) < 4.78 is 0. The van der Waals surface area contributed by atoms with Crippen LogP contribution in [0, 0.1) is 5.92 Å². The molecule has 1 fully saturated rings. The Hall–Kier alpha value is -0.120. The first-order valence-corrected chi connectivity index (χ1v) is 7.95. The van der Waals surface area contributed by atoms with Gasteiger partial charge in [-0.15, -0.1) is 0 Å². The molecule has 0 bridgehead atoms. The minimum absolute atomic E-state index is 0.0806. The average molecular weight is 270 g/mol. The monoisotopic (exact) mass is 270 g/mol.